The first kappa shape index (κ1) is 12.9. The lowest BCUT2D eigenvalue weighted by Crippen LogP contribution is -2.33. The normalized spacial score (nSPS) is 14.9. The van der Waals surface area contributed by atoms with E-state index in [1.54, 1.807) is 12.1 Å². The summed E-state index contributed by atoms with van der Waals surface area (Å²) in [6.07, 6.45) is 1.35. The molecule has 1 aliphatic heterocycles. The maximum absolute atomic E-state index is 11.1. The highest BCUT2D eigenvalue weighted by molar-refractivity contribution is 5.92. The number of primary amides is 1. The molecular formula is C12H14N4O3. The summed E-state index contributed by atoms with van der Waals surface area (Å²) in [5.41, 5.74) is 12.8. The molecule has 0 radical (unpaired) electrons. The van der Waals surface area contributed by atoms with Gasteiger partial charge >= 0.3 is 6.09 Å². The van der Waals surface area contributed by atoms with Crippen molar-refractivity contribution in [1.82, 2.24) is 9.88 Å². The molecule has 2 amide bonds. The molecule has 2 rings (SSSR count). The second-order valence-corrected chi connectivity index (χ2v) is 4.24. The van der Waals surface area contributed by atoms with Crippen molar-refractivity contribution in [3.8, 4) is 0 Å². The zero-order valence-electron chi connectivity index (χ0n) is 10.2. The largest absolute Gasteiger partial charge is 0.465 e. The molecule has 100 valence electrons. The van der Waals surface area contributed by atoms with E-state index in [0.717, 1.165) is 5.57 Å². The van der Waals surface area contributed by atoms with Gasteiger partial charge in [-0.25, -0.2) is 9.78 Å². The lowest BCUT2D eigenvalue weighted by Gasteiger charge is -2.23. The Bertz CT molecular complexity index is 568. The SMILES string of the molecule is NC(=O)c1cc(N)cc(C2=CCN(C(=O)O)CC2)n1. The number of nitrogen functional groups attached to an aromatic ring is 1. The number of nitrogens with zero attached hydrogens (tertiary/aromatic N) is 2. The van der Waals surface area contributed by atoms with E-state index >= 15 is 0 Å². The molecule has 1 aliphatic rings. The molecule has 0 aromatic carbocycles. The van der Waals surface area contributed by atoms with Crippen LogP contribution in [0.3, 0.4) is 0 Å². The molecule has 1 aromatic heterocycles. The van der Waals surface area contributed by atoms with Crippen molar-refractivity contribution in [1.29, 1.82) is 0 Å². The van der Waals surface area contributed by atoms with E-state index in [0.29, 0.717) is 30.9 Å². The van der Waals surface area contributed by atoms with Gasteiger partial charge in [-0.3, -0.25) is 4.79 Å². The maximum Gasteiger partial charge on any atom is 0.407 e. The van der Waals surface area contributed by atoms with Crippen LogP contribution < -0.4 is 11.5 Å². The zero-order chi connectivity index (χ0) is 14.0. The van der Waals surface area contributed by atoms with Gasteiger partial charge in [-0.1, -0.05) is 6.08 Å². The Morgan fingerprint density at radius 2 is 2.11 bits per heavy atom. The Kier molecular flexibility index (Phi) is 3.37. The number of carboxylic acid groups (broad SMARTS) is 1. The zero-order valence-corrected chi connectivity index (χ0v) is 10.2. The van der Waals surface area contributed by atoms with Crippen LogP contribution in [0, 0.1) is 0 Å². The summed E-state index contributed by atoms with van der Waals surface area (Å²) in [6, 6.07) is 3.06. The highest BCUT2D eigenvalue weighted by Crippen LogP contribution is 2.22. The fraction of sp³-hybridized carbons (Fsp3) is 0.250. The van der Waals surface area contributed by atoms with E-state index in [1.165, 1.54) is 11.0 Å². The van der Waals surface area contributed by atoms with Gasteiger partial charge in [0.15, 0.2) is 0 Å². The number of carbonyl (C=O) groups is 2. The number of aromatic nitrogens is 1. The third-order valence-corrected chi connectivity index (χ3v) is 2.91. The van der Waals surface area contributed by atoms with Crippen LogP contribution in [-0.2, 0) is 0 Å². The van der Waals surface area contributed by atoms with Gasteiger partial charge in [0.2, 0.25) is 0 Å². The van der Waals surface area contributed by atoms with Crippen LogP contribution >= 0.6 is 0 Å². The third kappa shape index (κ3) is 2.82. The smallest absolute Gasteiger partial charge is 0.407 e. The average molecular weight is 262 g/mol. The van der Waals surface area contributed by atoms with Crippen LogP contribution in [0.25, 0.3) is 5.57 Å². The number of hydrogen-bond acceptors (Lipinski definition) is 4. The minimum absolute atomic E-state index is 0.108. The van der Waals surface area contributed by atoms with E-state index in [9.17, 15) is 9.59 Å². The molecule has 19 heavy (non-hydrogen) atoms. The molecule has 0 saturated heterocycles. The Morgan fingerprint density at radius 3 is 2.63 bits per heavy atom. The van der Waals surface area contributed by atoms with Crippen molar-refractivity contribution >= 4 is 23.3 Å². The fourth-order valence-corrected chi connectivity index (χ4v) is 1.92. The summed E-state index contributed by atoms with van der Waals surface area (Å²) in [5.74, 6) is -0.642. The minimum Gasteiger partial charge on any atom is -0.465 e. The molecule has 1 aromatic rings. The number of hydrogen-bond donors (Lipinski definition) is 3. The number of pyridine rings is 1. The second kappa shape index (κ2) is 4.97. The van der Waals surface area contributed by atoms with Gasteiger partial charge in [-0.2, -0.15) is 0 Å². The number of carbonyl (C=O) groups excluding carboxylic acids is 1. The summed E-state index contributed by atoms with van der Waals surface area (Å²) in [4.78, 5) is 27.4. The fourth-order valence-electron chi connectivity index (χ4n) is 1.92. The van der Waals surface area contributed by atoms with Gasteiger partial charge in [-0.15, -0.1) is 0 Å². The van der Waals surface area contributed by atoms with E-state index in [4.69, 9.17) is 16.6 Å². The van der Waals surface area contributed by atoms with E-state index in [2.05, 4.69) is 4.98 Å². The minimum atomic E-state index is -0.950. The Labute approximate surface area is 109 Å². The highest BCUT2D eigenvalue weighted by atomic mass is 16.4. The first-order valence-corrected chi connectivity index (χ1v) is 5.72. The third-order valence-electron chi connectivity index (χ3n) is 2.91. The van der Waals surface area contributed by atoms with E-state index < -0.39 is 12.0 Å². The lowest BCUT2D eigenvalue weighted by atomic mass is 10.0. The van der Waals surface area contributed by atoms with Gasteiger partial charge in [0.05, 0.1) is 5.69 Å². The molecule has 2 heterocycles. The molecule has 0 atom stereocenters. The Balaban J connectivity index is 2.28. The first-order valence-electron chi connectivity index (χ1n) is 5.72. The molecule has 7 heteroatoms. The average Bonchev–Trinajstić information content (AvgIpc) is 2.38. The van der Waals surface area contributed by atoms with Crippen LogP contribution in [-0.4, -0.2) is 40.1 Å². The van der Waals surface area contributed by atoms with Gasteiger partial charge in [-0.05, 0) is 24.1 Å². The maximum atomic E-state index is 11.1. The molecule has 0 bridgehead atoms. The Morgan fingerprint density at radius 1 is 1.37 bits per heavy atom. The molecular weight excluding hydrogens is 248 g/mol. The topological polar surface area (TPSA) is 123 Å². The molecule has 0 unspecified atom stereocenters. The predicted octanol–water partition coefficient (Wildman–Crippen LogP) is 0.530. The second-order valence-electron chi connectivity index (χ2n) is 4.24. The van der Waals surface area contributed by atoms with Gasteiger partial charge < -0.3 is 21.5 Å². The quantitative estimate of drug-likeness (QED) is 0.717. The summed E-state index contributed by atoms with van der Waals surface area (Å²) in [5, 5.41) is 8.86. The number of amides is 2. The van der Waals surface area contributed by atoms with Crippen LogP contribution in [0.1, 0.15) is 22.6 Å². The van der Waals surface area contributed by atoms with Crippen molar-refractivity contribution in [3.63, 3.8) is 0 Å². The molecule has 0 aliphatic carbocycles. The number of anilines is 1. The van der Waals surface area contributed by atoms with Crippen molar-refractivity contribution < 1.29 is 14.7 Å². The molecule has 5 N–H and O–H groups in total. The molecule has 0 saturated carbocycles. The van der Waals surface area contributed by atoms with Crippen LogP contribution in [0.5, 0.6) is 0 Å². The van der Waals surface area contributed by atoms with Gasteiger partial charge in [0.25, 0.3) is 5.91 Å². The summed E-state index contributed by atoms with van der Waals surface area (Å²) in [7, 11) is 0. The summed E-state index contributed by atoms with van der Waals surface area (Å²) < 4.78 is 0. The molecule has 0 spiro atoms. The lowest BCUT2D eigenvalue weighted by molar-refractivity contribution is 0.0995. The highest BCUT2D eigenvalue weighted by Gasteiger charge is 2.18. The first-order chi connectivity index (χ1) is 8.97. The molecule has 0 fully saturated rings. The van der Waals surface area contributed by atoms with Gasteiger partial charge in [0, 0.05) is 18.8 Å². The Hall–Kier alpha value is -2.57. The van der Waals surface area contributed by atoms with Crippen molar-refractivity contribution in [3.05, 3.63) is 29.6 Å². The van der Waals surface area contributed by atoms with Crippen LogP contribution in [0.4, 0.5) is 10.5 Å². The molecule has 7 nitrogen and oxygen atoms in total. The summed E-state index contributed by atoms with van der Waals surface area (Å²) in [6.45, 7) is 0.691. The van der Waals surface area contributed by atoms with Crippen LogP contribution in [0.2, 0.25) is 0 Å². The standard InChI is InChI=1S/C12H14N4O3/c13-8-5-9(15-10(6-8)11(14)17)7-1-3-16(4-2-7)12(18)19/h1,5-6H,2-4H2,(H2,13,15)(H2,14,17)(H,18,19). The van der Waals surface area contributed by atoms with Crippen LogP contribution in [0.15, 0.2) is 18.2 Å². The van der Waals surface area contributed by atoms with Crippen molar-refractivity contribution in [2.45, 2.75) is 6.42 Å². The van der Waals surface area contributed by atoms with Gasteiger partial charge in [0.1, 0.15) is 5.69 Å². The van der Waals surface area contributed by atoms with E-state index in [1.807, 2.05) is 0 Å². The van der Waals surface area contributed by atoms with E-state index in [-0.39, 0.29) is 5.69 Å². The number of rotatable bonds is 2. The van der Waals surface area contributed by atoms with Crippen molar-refractivity contribution in [2.24, 2.45) is 5.73 Å². The number of nitrogens with two attached hydrogens (primary N) is 2. The summed E-state index contributed by atoms with van der Waals surface area (Å²) >= 11 is 0. The predicted molar refractivity (Wildman–Crippen MR) is 69.4 cm³/mol. The van der Waals surface area contributed by atoms with Crippen molar-refractivity contribution in [2.75, 3.05) is 18.8 Å². The monoisotopic (exact) mass is 262 g/mol.